The lowest BCUT2D eigenvalue weighted by Crippen LogP contribution is -2.14. The van der Waals surface area contributed by atoms with E-state index in [9.17, 15) is 22.4 Å². The summed E-state index contributed by atoms with van der Waals surface area (Å²) in [5.74, 6) is -5.87. The van der Waals surface area contributed by atoms with Crippen LogP contribution in [0.25, 0.3) is 0 Å². The summed E-state index contributed by atoms with van der Waals surface area (Å²) in [6.45, 7) is 1.79. The van der Waals surface area contributed by atoms with E-state index in [4.69, 9.17) is 5.11 Å². The molecule has 0 aliphatic heterocycles. The second-order valence-corrected chi connectivity index (χ2v) is 5.19. The van der Waals surface area contributed by atoms with Crippen molar-refractivity contribution in [2.75, 3.05) is 0 Å². The Bertz CT molecular complexity index is 536. The van der Waals surface area contributed by atoms with Crippen molar-refractivity contribution in [3.63, 3.8) is 0 Å². The zero-order valence-electron chi connectivity index (χ0n) is 10.9. The summed E-state index contributed by atoms with van der Waals surface area (Å²) in [5, 5.41) is 12.7. The van der Waals surface area contributed by atoms with Crippen LogP contribution >= 0.6 is 0 Å². The normalized spacial score (nSPS) is 22.4. The molecule has 1 fully saturated rings. The molecule has 8 heteroatoms. The average Bonchev–Trinajstić information content (AvgIpc) is 2.94. The summed E-state index contributed by atoms with van der Waals surface area (Å²) < 4.78 is 52.5. The van der Waals surface area contributed by atoms with Gasteiger partial charge >= 0.3 is 5.97 Å². The smallest absolute Gasteiger partial charge is 0.354 e. The summed E-state index contributed by atoms with van der Waals surface area (Å²) in [6.07, 6.45) is -2.22. The summed E-state index contributed by atoms with van der Waals surface area (Å²) in [5.41, 5.74) is -1.11. The minimum atomic E-state index is -3.27. The van der Waals surface area contributed by atoms with Gasteiger partial charge in [-0.3, -0.25) is 4.68 Å². The Kier molecular flexibility index (Phi) is 3.51. The number of nitrogens with zero attached hydrogens (tertiary/aromatic N) is 2. The van der Waals surface area contributed by atoms with Crippen LogP contribution in [-0.2, 0) is 12.5 Å². The van der Waals surface area contributed by atoms with Crippen molar-refractivity contribution in [1.29, 1.82) is 0 Å². The maximum atomic E-state index is 13.3. The van der Waals surface area contributed by atoms with Gasteiger partial charge in [-0.15, -0.1) is 0 Å². The van der Waals surface area contributed by atoms with E-state index in [0.717, 1.165) is 4.68 Å². The highest BCUT2D eigenvalue weighted by Gasteiger charge is 2.45. The number of hydrogen-bond donors (Lipinski definition) is 1. The number of alkyl halides is 4. The summed E-state index contributed by atoms with van der Waals surface area (Å²) in [7, 11) is 0. The number of carboxylic acids is 1. The zero-order chi connectivity index (χ0) is 15.2. The van der Waals surface area contributed by atoms with E-state index < -0.39 is 35.8 Å². The van der Waals surface area contributed by atoms with Gasteiger partial charge in [0.25, 0.3) is 5.92 Å². The summed E-state index contributed by atoms with van der Waals surface area (Å²) in [4.78, 5) is 11.1. The Morgan fingerprint density at radius 3 is 2.55 bits per heavy atom. The molecule has 0 aromatic carbocycles. The van der Waals surface area contributed by atoms with Crippen molar-refractivity contribution in [3.8, 4) is 0 Å². The molecule has 2 rings (SSSR count). The van der Waals surface area contributed by atoms with Crippen LogP contribution in [0.2, 0.25) is 0 Å². The van der Waals surface area contributed by atoms with Gasteiger partial charge in [-0.2, -0.15) is 13.9 Å². The molecular formula is C12H14F4N2O2. The number of rotatable bonds is 5. The van der Waals surface area contributed by atoms with Gasteiger partial charge in [-0.25, -0.2) is 13.6 Å². The zero-order valence-corrected chi connectivity index (χ0v) is 10.9. The lowest BCUT2D eigenvalue weighted by atomic mass is 10.1. The third-order valence-corrected chi connectivity index (χ3v) is 3.52. The molecular weight excluding hydrogens is 280 g/mol. The van der Waals surface area contributed by atoms with Crippen molar-refractivity contribution < 1.29 is 27.5 Å². The molecule has 1 aliphatic carbocycles. The Balaban J connectivity index is 2.31. The molecule has 1 N–H and O–H groups in total. The first kappa shape index (κ1) is 14.8. The van der Waals surface area contributed by atoms with E-state index in [2.05, 4.69) is 5.10 Å². The lowest BCUT2D eigenvalue weighted by Gasteiger charge is -2.06. The third-order valence-electron chi connectivity index (χ3n) is 3.52. The van der Waals surface area contributed by atoms with Crippen LogP contribution in [0.15, 0.2) is 0 Å². The quantitative estimate of drug-likeness (QED) is 0.850. The van der Waals surface area contributed by atoms with Crippen molar-refractivity contribution in [1.82, 2.24) is 9.78 Å². The fourth-order valence-corrected chi connectivity index (χ4v) is 2.38. The molecule has 0 bridgehead atoms. The first-order valence-electron chi connectivity index (χ1n) is 6.10. The number of hydrogen-bond acceptors (Lipinski definition) is 2. The Labute approximate surface area is 112 Å². The standard InChI is InChI=1S/C12H14F4N2O2/c1-5-8(11(19)20)18(17-9(5)12(2,15)16)4-6-3-7(6)10(13)14/h6-7,10H,3-4H2,1-2H3,(H,19,20)/t6-,7-/m0/s1. The van der Waals surface area contributed by atoms with Crippen molar-refractivity contribution in [3.05, 3.63) is 17.0 Å². The van der Waals surface area contributed by atoms with Crippen LogP contribution in [0.3, 0.4) is 0 Å². The third kappa shape index (κ3) is 2.64. The highest BCUT2D eigenvalue weighted by molar-refractivity contribution is 5.87. The molecule has 0 radical (unpaired) electrons. The monoisotopic (exact) mass is 294 g/mol. The average molecular weight is 294 g/mol. The van der Waals surface area contributed by atoms with Gasteiger partial charge in [-0.1, -0.05) is 0 Å². The van der Waals surface area contributed by atoms with Crippen LogP contribution in [0.5, 0.6) is 0 Å². The maximum Gasteiger partial charge on any atom is 0.354 e. The molecule has 2 atom stereocenters. The maximum absolute atomic E-state index is 13.3. The largest absolute Gasteiger partial charge is 0.477 e. The second-order valence-electron chi connectivity index (χ2n) is 5.19. The minimum Gasteiger partial charge on any atom is -0.477 e. The number of carboxylic acid groups (broad SMARTS) is 1. The Morgan fingerprint density at radius 2 is 2.15 bits per heavy atom. The predicted octanol–water partition coefficient (Wildman–Crippen LogP) is 2.90. The number of aromatic carboxylic acids is 1. The fraction of sp³-hybridized carbons (Fsp3) is 0.667. The molecule has 1 aromatic heterocycles. The summed E-state index contributed by atoms with van der Waals surface area (Å²) in [6, 6.07) is 0. The van der Waals surface area contributed by atoms with Crippen molar-refractivity contribution in [2.45, 2.75) is 39.2 Å². The number of aromatic nitrogens is 2. The van der Waals surface area contributed by atoms with Crippen LogP contribution in [0.4, 0.5) is 17.6 Å². The first-order chi connectivity index (χ1) is 9.12. The summed E-state index contributed by atoms with van der Waals surface area (Å²) >= 11 is 0. The van der Waals surface area contributed by atoms with Crippen LogP contribution in [0.1, 0.15) is 35.1 Å². The highest BCUT2D eigenvalue weighted by Crippen LogP contribution is 2.44. The van der Waals surface area contributed by atoms with Gasteiger partial charge < -0.3 is 5.11 Å². The van der Waals surface area contributed by atoms with Gasteiger partial charge in [0.15, 0.2) is 0 Å². The second kappa shape index (κ2) is 4.75. The van der Waals surface area contributed by atoms with Crippen LogP contribution in [0, 0.1) is 18.8 Å². The van der Waals surface area contributed by atoms with E-state index in [1.165, 1.54) is 6.92 Å². The van der Waals surface area contributed by atoms with Gasteiger partial charge in [0.1, 0.15) is 11.4 Å². The molecule has 112 valence electrons. The van der Waals surface area contributed by atoms with Crippen LogP contribution < -0.4 is 0 Å². The number of carbonyl (C=O) groups is 1. The molecule has 4 nitrogen and oxygen atoms in total. The molecule has 20 heavy (non-hydrogen) atoms. The van der Waals surface area contributed by atoms with Crippen LogP contribution in [-0.4, -0.2) is 27.3 Å². The molecule has 1 heterocycles. The molecule has 0 amide bonds. The van der Waals surface area contributed by atoms with Gasteiger partial charge in [0.05, 0.1) is 0 Å². The van der Waals surface area contributed by atoms with Gasteiger partial charge in [0, 0.05) is 24.9 Å². The molecule has 1 saturated carbocycles. The van der Waals surface area contributed by atoms with E-state index >= 15 is 0 Å². The molecule has 1 aromatic rings. The van der Waals surface area contributed by atoms with E-state index in [1.807, 2.05) is 0 Å². The topological polar surface area (TPSA) is 55.1 Å². The van der Waals surface area contributed by atoms with E-state index in [0.29, 0.717) is 6.92 Å². The van der Waals surface area contributed by atoms with Crippen molar-refractivity contribution in [2.24, 2.45) is 11.8 Å². The Morgan fingerprint density at radius 1 is 1.55 bits per heavy atom. The minimum absolute atomic E-state index is 0.0758. The highest BCUT2D eigenvalue weighted by atomic mass is 19.3. The van der Waals surface area contributed by atoms with Crippen molar-refractivity contribution >= 4 is 5.97 Å². The number of halogens is 4. The molecule has 0 unspecified atom stereocenters. The fourth-order valence-electron chi connectivity index (χ4n) is 2.38. The Hall–Kier alpha value is -1.60. The first-order valence-corrected chi connectivity index (χ1v) is 6.10. The molecule has 1 aliphatic rings. The lowest BCUT2D eigenvalue weighted by molar-refractivity contribution is 0.0114. The van der Waals surface area contributed by atoms with E-state index in [-0.39, 0.29) is 24.2 Å². The SMILES string of the molecule is Cc1c(C(C)(F)F)nn(C[C@@H]2C[C@@H]2C(F)F)c1C(=O)O. The van der Waals surface area contributed by atoms with Gasteiger partial charge in [0.2, 0.25) is 6.43 Å². The molecule has 0 spiro atoms. The predicted molar refractivity (Wildman–Crippen MR) is 61.1 cm³/mol. The van der Waals surface area contributed by atoms with Gasteiger partial charge in [-0.05, 0) is 19.3 Å². The van der Waals surface area contributed by atoms with E-state index in [1.54, 1.807) is 0 Å². The molecule has 0 saturated heterocycles.